The summed E-state index contributed by atoms with van der Waals surface area (Å²) < 4.78 is 17.5. The summed E-state index contributed by atoms with van der Waals surface area (Å²) in [4.78, 5) is 23.5. The first-order valence-corrected chi connectivity index (χ1v) is 6.76. The van der Waals surface area contributed by atoms with Gasteiger partial charge in [-0.2, -0.15) is 0 Å². The number of ether oxygens (including phenoxy) is 1. The van der Waals surface area contributed by atoms with Crippen molar-refractivity contribution in [3.63, 3.8) is 0 Å². The van der Waals surface area contributed by atoms with Crippen molar-refractivity contribution >= 4 is 11.9 Å². The summed E-state index contributed by atoms with van der Waals surface area (Å²) in [6.45, 7) is 1.81. The highest BCUT2D eigenvalue weighted by atomic mass is 19.1. The molecule has 2 rings (SSSR count). The van der Waals surface area contributed by atoms with E-state index in [-0.39, 0.29) is 17.8 Å². The van der Waals surface area contributed by atoms with E-state index in [1.807, 2.05) is 6.92 Å². The molecule has 0 saturated carbocycles. The predicted octanol–water partition coefficient (Wildman–Crippen LogP) is 3.10. The average molecular weight is 301 g/mol. The summed E-state index contributed by atoms with van der Waals surface area (Å²) in [6.07, 6.45) is 0. The summed E-state index contributed by atoms with van der Waals surface area (Å²) in [5, 5.41) is 2.82. The van der Waals surface area contributed by atoms with Crippen molar-refractivity contribution in [2.45, 2.75) is 13.0 Å². The van der Waals surface area contributed by atoms with Gasteiger partial charge in [0.1, 0.15) is 5.82 Å². The molecule has 0 aliphatic carbocycles. The van der Waals surface area contributed by atoms with Crippen molar-refractivity contribution in [1.82, 2.24) is 5.32 Å². The largest absolute Gasteiger partial charge is 0.465 e. The van der Waals surface area contributed by atoms with Crippen LogP contribution < -0.4 is 5.32 Å². The van der Waals surface area contributed by atoms with Crippen molar-refractivity contribution in [3.05, 3.63) is 71.0 Å². The van der Waals surface area contributed by atoms with Gasteiger partial charge in [0.05, 0.1) is 18.7 Å². The average Bonchev–Trinajstić information content (AvgIpc) is 2.54. The fraction of sp³-hybridized carbons (Fsp3) is 0.176. The zero-order chi connectivity index (χ0) is 16.1. The van der Waals surface area contributed by atoms with Crippen LogP contribution in [0.3, 0.4) is 0 Å². The SMILES string of the molecule is COC(=O)c1ccc(C(=O)N[C@H](C)c2ccc(F)cc2)cc1. The van der Waals surface area contributed by atoms with Gasteiger partial charge in [-0.25, -0.2) is 9.18 Å². The van der Waals surface area contributed by atoms with E-state index in [0.29, 0.717) is 11.1 Å². The number of hydrogen-bond donors (Lipinski definition) is 1. The third kappa shape index (κ3) is 3.69. The summed E-state index contributed by atoms with van der Waals surface area (Å²) in [7, 11) is 1.30. The maximum absolute atomic E-state index is 12.9. The number of nitrogens with one attached hydrogen (secondary N) is 1. The second-order valence-corrected chi connectivity index (χ2v) is 4.82. The quantitative estimate of drug-likeness (QED) is 0.883. The number of rotatable bonds is 4. The van der Waals surface area contributed by atoms with Crippen molar-refractivity contribution in [2.75, 3.05) is 7.11 Å². The molecule has 0 aliphatic heterocycles. The Morgan fingerprint density at radius 1 is 1.00 bits per heavy atom. The fourth-order valence-corrected chi connectivity index (χ4v) is 1.99. The van der Waals surface area contributed by atoms with Gasteiger partial charge in [0.15, 0.2) is 0 Å². The smallest absolute Gasteiger partial charge is 0.337 e. The molecule has 1 N–H and O–H groups in total. The van der Waals surface area contributed by atoms with E-state index in [2.05, 4.69) is 10.1 Å². The van der Waals surface area contributed by atoms with Gasteiger partial charge < -0.3 is 10.1 Å². The lowest BCUT2D eigenvalue weighted by atomic mass is 10.1. The van der Waals surface area contributed by atoms with Gasteiger partial charge in [0.2, 0.25) is 0 Å². The van der Waals surface area contributed by atoms with E-state index in [0.717, 1.165) is 5.56 Å². The van der Waals surface area contributed by atoms with E-state index in [1.54, 1.807) is 24.3 Å². The third-order valence-electron chi connectivity index (χ3n) is 3.29. The number of methoxy groups -OCH3 is 1. The molecule has 2 aromatic rings. The molecule has 0 aliphatic rings. The lowest BCUT2D eigenvalue weighted by molar-refractivity contribution is 0.0600. The molecule has 0 aromatic heterocycles. The van der Waals surface area contributed by atoms with Gasteiger partial charge in [-0.3, -0.25) is 4.79 Å². The summed E-state index contributed by atoms with van der Waals surface area (Å²) in [5.74, 6) is -1.04. The van der Waals surface area contributed by atoms with Crippen molar-refractivity contribution in [3.8, 4) is 0 Å². The minimum Gasteiger partial charge on any atom is -0.465 e. The Labute approximate surface area is 127 Å². The van der Waals surface area contributed by atoms with Crippen LogP contribution in [0.2, 0.25) is 0 Å². The molecular formula is C17H16FNO3. The molecule has 0 radical (unpaired) electrons. The first kappa shape index (κ1) is 15.7. The van der Waals surface area contributed by atoms with Crippen LogP contribution in [0.1, 0.15) is 39.2 Å². The van der Waals surface area contributed by atoms with Crippen molar-refractivity contribution in [1.29, 1.82) is 0 Å². The van der Waals surface area contributed by atoms with Crippen LogP contribution >= 0.6 is 0 Å². The molecule has 22 heavy (non-hydrogen) atoms. The third-order valence-corrected chi connectivity index (χ3v) is 3.29. The lowest BCUT2D eigenvalue weighted by Crippen LogP contribution is -2.26. The highest BCUT2D eigenvalue weighted by Gasteiger charge is 2.12. The first-order chi connectivity index (χ1) is 10.5. The van der Waals surface area contributed by atoms with Gasteiger partial charge in [-0.15, -0.1) is 0 Å². The Balaban J connectivity index is 2.05. The van der Waals surface area contributed by atoms with Crippen LogP contribution in [0, 0.1) is 5.82 Å². The number of amides is 1. The summed E-state index contributed by atoms with van der Waals surface area (Å²) in [5.41, 5.74) is 1.62. The molecule has 0 bridgehead atoms. The number of carbonyl (C=O) groups is 2. The van der Waals surface area contributed by atoms with Crippen LogP contribution in [-0.4, -0.2) is 19.0 Å². The molecule has 0 unspecified atom stereocenters. The normalized spacial score (nSPS) is 11.6. The maximum Gasteiger partial charge on any atom is 0.337 e. The number of benzene rings is 2. The number of halogens is 1. The molecule has 1 atom stereocenters. The molecule has 1 amide bonds. The second kappa shape index (κ2) is 6.85. The van der Waals surface area contributed by atoms with Crippen LogP contribution in [0.15, 0.2) is 48.5 Å². The highest BCUT2D eigenvalue weighted by Crippen LogP contribution is 2.14. The van der Waals surface area contributed by atoms with Crippen molar-refractivity contribution < 1.29 is 18.7 Å². The minimum absolute atomic E-state index is 0.256. The number of carbonyl (C=O) groups excluding carboxylic acids is 2. The summed E-state index contributed by atoms with van der Waals surface area (Å²) in [6, 6.07) is 11.9. The summed E-state index contributed by atoms with van der Waals surface area (Å²) >= 11 is 0. The van der Waals surface area contributed by atoms with E-state index in [1.165, 1.54) is 31.4 Å². The highest BCUT2D eigenvalue weighted by molar-refractivity contribution is 5.96. The monoisotopic (exact) mass is 301 g/mol. The van der Waals surface area contributed by atoms with E-state index >= 15 is 0 Å². The van der Waals surface area contributed by atoms with Gasteiger partial charge in [-0.05, 0) is 48.9 Å². The molecule has 0 saturated heterocycles. The van der Waals surface area contributed by atoms with Gasteiger partial charge >= 0.3 is 5.97 Å². The molecule has 0 heterocycles. The van der Waals surface area contributed by atoms with Crippen molar-refractivity contribution in [2.24, 2.45) is 0 Å². The Morgan fingerprint density at radius 3 is 2.09 bits per heavy atom. The molecule has 5 heteroatoms. The Hall–Kier alpha value is -2.69. The molecule has 4 nitrogen and oxygen atoms in total. The van der Waals surface area contributed by atoms with Crippen LogP contribution in [0.25, 0.3) is 0 Å². The number of hydrogen-bond acceptors (Lipinski definition) is 3. The molecule has 2 aromatic carbocycles. The zero-order valence-electron chi connectivity index (χ0n) is 12.3. The molecule has 114 valence electrons. The standard InChI is InChI=1S/C17H16FNO3/c1-11(12-7-9-15(18)10-8-12)19-16(20)13-3-5-14(6-4-13)17(21)22-2/h3-11H,1-2H3,(H,19,20)/t11-/m1/s1. The zero-order valence-corrected chi connectivity index (χ0v) is 12.3. The van der Waals surface area contributed by atoms with Crippen LogP contribution in [-0.2, 0) is 4.74 Å². The molecule has 0 fully saturated rings. The molecular weight excluding hydrogens is 285 g/mol. The minimum atomic E-state index is -0.452. The Morgan fingerprint density at radius 2 is 1.55 bits per heavy atom. The predicted molar refractivity (Wildman–Crippen MR) is 80.1 cm³/mol. The Bertz CT molecular complexity index is 665. The van der Waals surface area contributed by atoms with E-state index in [4.69, 9.17) is 0 Å². The van der Waals surface area contributed by atoms with Crippen LogP contribution in [0.5, 0.6) is 0 Å². The van der Waals surface area contributed by atoms with Gasteiger partial charge in [-0.1, -0.05) is 12.1 Å². The number of esters is 1. The maximum atomic E-state index is 12.9. The molecule has 0 spiro atoms. The lowest BCUT2D eigenvalue weighted by Gasteiger charge is -2.14. The van der Waals surface area contributed by atoms with Crippen LogP contribution in [0.4, 0.5) is 4.39 Å². The first-order valence-electron chi connectivity index (χ1n) is 6.76. The Kier molecular flexibility index (Phi) is 4.88. The van der Waals surface area contributed by atoms with E-state index in [9.17, 15) is 14.0 Å². The van der Waals surface area contributed by atoms with Gasteiger partial charge in [0, 0.05) is 5.56 Å². The van der Waals surface area contributed by atoms with E-state index < -0.39 is 5.97 Å². The van der Waals surface area contributed by atoms with Gasteiger partial charge in [0.25, 0.3) is 5.91 Å². The second-order valence-electron chi connectivity index (χ2n) is 4.82. The fourth-order valence-electron chi connectivity index (χ4n) is 1.99. The topological polar surface area (TPSA) is 55.4 Å².